The Bertz CT molecular complexity index is 415. The fraction of sp³-hybridized carbons (Fsp3) is 0.556. The second-order valence-electron chi connectivity index (χ2n) is 3.76. The molecule has 0 aromatic carbocycles. The number of hydrogen-bond donors (Lipinski definition) is 3. The number of carbonyl (C=O) groups excluding carboxylic acids is 2. The van der Waals surface area contributed by atoms with Gasteiger partial charge in [-0.15, -0.1) is 10.2 Å². The number of nitrogens with two attached hydrogens (primary N) is 1. The van der Waals surface area contributed by atoms with Gasteiger partial charge in [0.15, 0.2) is 0 Å². The van der Waals surface area contributed by atoms with Gasteiger partial charge >= 0.3 is 6.03 Å². The van der Waals surface area contributed by atoms with E-state index in [1.165, 1.54) is 0 Å². The predicted molar refractivity (Wildman–Crippen MR) is 59.7 cm³/mol. The van der Waals surface area contributed by atoms with E-state index in [2.05, 4.69) is 15.5 Å². The van der Waals surface area contributed by atoms with Crippen LogP contribution in [0.2, 0.25) is 0 Å². The van der Waals surface area contributed by atoms with Crippen molar-refractivity contribution in [3.8, 4) is 0 Å². The quantitative estimate of drug-likeness (QED) is 0.627. The molecule has 1 heterocycles. The van der Waals surface area contributed by atoms with Gasteiger partial charge in [-0.3, -0.25) is 15.4 Å². The van der Waals surface area contributed by atoms with E-state index in [-0.39, 0.29) is 6.04 Å². The first-order valence-electron chi connectivity index (χ1n) is 5.12. The van der Waals surface area contributed by atoms with E-state index in [0.29, 0.717) is 5.82 Å². The van der Waals surface area contributed by atoms with E-state index in [9.17, 15) is 9.59 Å². The molecule has 0 fully saturated rings. The summed E-state index contributed by atoms with van der Waals surface area (Å²) in [5, 5.41) is 12.6. The zero-order chi connectivity index (χ0) is 13.0. The molecule has 2 unspecified atom stereocenters. The molecular formula is C9H16N6O2. The minimum absolute atomic E-state index is 0.170. The highest BCUT2D eigenvalue weighted by Gasteiger charge is 2.19. The van der Waals surface area contributed by atoms with Crippen LogP contribution in [-0.4, -0.2) is 32.7 Å². The minimum Gasteiger partial charge on any atom is -0.351 e. The van der Waals surface area contributed by atoms with E-state index in [0.717, 1.165) is 0 Å². The molecule has 1 aromatic rings. The number of aromatic nitrogens is 3. The molecule has 0 aliphatic rings. The normalized spacial score (nSPS) is 14.1. The maximum absolute atomic E-state index is 11.4. The van der Waals surface area contributed by atoms with Crippen molar-refractivity contribution in [1.82, 2.24) is 25.4 Å². The SMILES string of the molecule is CC(NC(C)c1nncn1C)C(=O)NC(N)=O. The van der Waals surface area contributed by atoms with Crippen molar-refractivity contribution >= 4 is 11.9 Å². The first kappa shape index (κ1) is 13.1. The third-order valence-corrected chi connectivity index (χ3v) is 2.27. The molecule has 0 radical (unpaired) electrons. The summed E-state index contributed by atoms with van der Waals surface area (Å²) in [6.07, 6.45) is 1.57. The van der Waals surface area contributed by atoms with Gasteiger partial charge in [-0.05, 0) is 13.8 Å². The van der Waals surface area contributed by atoms with Crippen LogP contribution in [0.4, 0.5) is 4.79 Å². The Morgan fingerprint density at radius 2 is 2.12 bits per heavy atom. The van der Waals surface area contributed by atoms with E-state index < -0.39 is 18.0 Å². The van der Waals surface area contributed by atoms with Crippen LogP contribution in [0.3, 0.4) is 0 Å². The number of nitrogens with zero attached hydrogens (tertiary/aromatic N) is 3. The highest BCUT2D eigenvalue weighted by Crippen LogP contribution is 2.07. The zero-order valence-electron chi connectivity index (χ0n) is 9.97. The molecule has 94 valence electrons. The van der Waals surface area contributed by atoms with Crippen LogP contribution in [-0.2, 0) is 11.8 Å². The molecule has 2 atom stereocenters. The molecule has 0 spiro atoms. The van der Waals surface area contributed by atoms with Gasteiger partial charge in [0, 0.05) is 7.05 Å². The Balaban J connectivity index is 2.57. The Morgan fingerprint density at radius 3 is 2.59 bits per heavy atom. The number of rotatable bonds is 4. The fourth-order valence-electron chi connectivity index (χ4n) is 1.44. The first-order chi connectivity index (χ1) is 7.91. The maximum atomic E-state index is 11.4. The van der Waals surface area contributed by atoms with Crippen LogP contribution in [0.25, 0.3) is 0 Å². The van der Waals surface area contributed by atoms with Gasteiger partial charge in [0.2, 0.25) is 5.91 Å². The molecule has 3 amide bonds. The van der Waals surface area contributed by atoms with Crippen molar-refractivity contribution in [2.75, 3.05) is 0 Å². The summed E-state index contributed by atoms with van der Waals surface area (Å²) in [5.41, 5.74) is 4.86. The molecule has 0 aliphatic carbocycles. The molecule has 8 nitrogen and oxygen atoms in total. The lowest BCUT2D eigenvalue weighted by molar-refractivity contribution is -0.121. The number of carbonyl (C=O) groups is 2. The molecule has 8 heteroatoms. The fourth-order valence-corrected chi connectivity index (χ4v) is 1.44. The minimum atomic E-state index is -0.866. The molecule has 17 heavy (non-hydrogen) atoms. The highest BCUT2D eigenvalue weighted by atomic mass is 16.2. The van der Waals surface area contributed by atoms with Crippen LogP contribution in [0, 0.1) is 0 Å². The van der Waals surface area contributed by atoms with Crippen LogP contribution in [0.1, 0.15) is 25.7 Å². The average Bonchev–Trinajstić information content (AvgIpc) is 2.63. The summed E-state index contributed by atoms with van der Waals surface area (Å²) in [6, 6.07) is -1.60. The first-order valence-corrected chi connectivity index (χ1v) is 5.12. The maximum Gasteiger partial charge on any atom is 0.318 e. The lowest BCUT2D eigenvalue weighted by Crippen LogP contribution is -2.47. The van der Waals surface area contributed by atoms with Crippen LogP contribution in [0.15, 0.2) is 6.33 Å². The third kappa shape index (κ3) is 3.52. The van der Waals surface area contributed by atoms with E-state index >= 15 is 0 Å². The van der Waals surface area contributed by atoms with E-state index in [1.54, 1.807) is 17.8 Å². The second kappa shape index (κ2) is 5.39. The standard InChI is InChI=1S/C9H16N6O2/c1-5(7-14-11-4-15(7)3)12-6(2)8(16)13-9(10)17/h4-6,12H,1-3H3,(H3,10,13,16,17). The van der Waals surface area contributed by atoms with Crippen molar-refractivity contribution in [2.45, 2.75) is 25.9 Å². The zero-order valence-corrected chi connectivity index (χ0v) is 9.97. The number of imide groups is 1. The molecule has 0 bridgehead atoms. The van der Waals surface area contributed by atoms with Crippen LogP contribution in [0.5, 0.6) is 0 Å². The number of primary amides is 1. The van der Waals surface area contributed by atoms with Gasteiger partial charge in [-0.25, -0.2) is 4.79 Å². The monoisotopic (exact) mass is 240 g/mol. The predicted octanol–water partition coefficient (Wildman–Crippen LogP) is -0.951. The smallest absolute Gasteiger partial charge is 0.318 e. The van der Waals surface area contributed by atoms with Gasteiger partial charge in [0.25, 0.3) is 0 Å². The van der Waals surface area contributed by atoms with Gasteiger partial charge in [-0.2, -0.15) is 0 Å². The number of nitrogens with one attached hydrogen (secondary N) is 2. The molecule has 1 rings (SSSR count). The van der Waals surface area contributed by atoms with Crippen molar-refractivity contribution in [1.29, 1.82) is 0 Å². The number of amides is 3. The third-order valence-electron chi connectivity index (χ3n) is 2.27. The summed E-state index contributed by atoms with van der Waals surface area (Å²) >= 11 is 0. The topological polar surface area (TPSA) is 115 Å². The van der Waals surface area contributed by atoms with E-state index in [4.69, 9.17) is 5.73 Å². The van der Waals surface area contributed by atoms with Gasteiger partial charge < -0.3 is 10.3 Å². The summed E-state index contributed by atoms with van der Waals surface area (Å²) in [5.74, 6) is 0.218. The number of urea groups is 1. The highest BCUT2D eigenvalue weighted by molar-refractivity contribution is 5.96. The summed E-state index contributed by atoms with van der Waals surface area (Å²) in [6.45, 7) is 3.48. The van der Waals surface area contributed by atoms with Crippen molar-refractivity contribution in [2.24, 2.45) is 12.8 Å². The van der Waals surface area contributed by atoms with Gasteiger partial charge in [-0.1, -0.05) is 0 Å². The van der Waals surface area contributed by atoms with Gasteiger partial charge in [0.05, 0.1) is 12.1 Å². The lowest BCUT2D eigenvalue weighted by atomic mass is 10.2. The lowest BCUT2D eigenvalue weighted by Gasteiger charge is -2.18. The number of aryl methyl sites for hydroxylation is 1. The van der Waals surface area contributed by atoms with Crippen LogP contribution < -0.4 is 16.4 Å². The Hall–Kier alpha value is -1.96. The molecule has 4 N–H and O–H groups in total. The molecule has 0 saturated heterocycles. The van der Waals surface area contributed by atoms with Gasteiger partial charge in [0.1, 0.15) is 12.2 Å². The Labute approximate surface area is 98.6 Å². The Kier molecular flexibility index (Phi) is 4.16. The summed E-state index contributed by atoms with van der Waals surface area (Å²) in [4.78, 5) is 21.9. The van der Waals surface area contributed by atoms with Crippen molar-refractivity contribution in [3.05, 3.63) is 12.2 Å². The number of hydrogen-bond acceptors (Lipinski definition) is 5. The largest absolute Gasteiger partial charge is 0.351 e. The summed E-state index contributed by atoms with van der Waals surface area (Å²) in [7, 11) is 1.81. The molecular weight excluding hydrogens is 224 g/mol. The molecule has 0 aliphatic heterocycles. The molecule has 0 saturated carbocycles. The average molecular weight is 240 g/mol. The van der Waals surface area contributed by atoms with Crippen LogP contribution >= 0.6 is 0 Å². The second-order valence-corrected chi connectivity index (χ2v) is 3.76. The Morgan fingerprint density at radius 1 is 1.47 bits per heavy atom. The van der Waals surface area contributed by atoms with E-state index in [1.807, 2.05) is 19.3 Å². The van der Waals surface area contributed by atoms with Crippen molar-refractivity contribution < 1.29 is 9.59 Å². The molecule has 1 aromatic heterocycles. The summed E-state index contributed by atoms with van der Waals surface area (Å²) < 4.78 is 1.75. The van der Waals surface area contributed by atoms with Crippen molar-refractivity contribution in [3.63, 3.8) is 0 Å².